The van der Waals surface area contributed by atoms with Crippen molar-refractivity contribution in [3.8, 4) is 5.75 Å². The molecule has 2 heterocycles. The van der Waals surface area contributed by atoms with E-state index in [1.807, 2.05) is 0 Å². The number of allylic oxidation sites excluding steroid dienone is 1. The number of halogens is 3. The van der Waals surface area contributed by atoms with Gasteiger partial charge in [0.05, 0.1) is 30.1 Å². The van der Waals surface area contributed by atoms with Gasteiger partial charge >= 0.3 is 6.18 Å². The molecule has 30 heavy (non-hydrogen) atoms. The van der Waals surface area contributed by atoms with Crippen molar-refractivity contribution < 1.29 is 27.5 Å². The Morgan fingerprint density at radius 2 is 1.97 bits per heavy atom. The van der Waals surface area contributed by atoms with Gasteiger partial charge in [-0.1, -0.05) is 6.07 Å². The van der Waals surface area contributed by atoms with Crippen LogP contribution in [0.25, 0.3) is 5.57 Å². The van der Waals surface area contributed by atoms with Gasteiger partial charge in [0, 0.05) is 17.3 Å². The van der Waals surface area contributed by atoms with Crippen LogP contribution in [0.2, 0.25) is 0 Å². The SMILES string of the molecule is O=C(/C=C1\CCCOc2cc(C(F)(F)F)ccc21)Nc1ccc2c(c1)NC(=O)CN2. The van der Waals surface area contributed by atoms with Gasteiger partial charge in [0.25, 0.3) is 0 Å². The molecule has 0 saturated carbocycles. The second kappa shape index (κ2) is 7.74. The van der Waals surface area contributed by atoms with Gasteiger partial charge in [-0.05, 0) is 48.7 Å². The van der Waals surface area contributed by atoms with Crippen molar-refractivity contribution >= 4 is 34.4 Å². The van der Waals surface area contributed by atoms with Crippen LogP contribution in [0.5, 0.6) is 5.75 Å². The zero-order valence-electron chi connectivity index (χ0n) is 15.7. The summed E-state index contributed by atoms with van der Waals surface area (Å²) in [5.74, 6) is -0.488. The molecular weight excluding hydrogens is 399 g/mol. The van der Waals surface area contributed by atoms with Crippen LogP contribution in [0.3, 0.4) is 0 Å². The lowest BCUT2D eigenvalue weighted by atomic mass is 9.99. The molecule has 2 amide bonds. The van der Waals surface area contributed by atoms with E-state index in [1.54, 1.807) is 18.2 Å². The summed E-state index contributed by atoms with van der Waals surface area (Å²) >= 11 is 0. The Bertz CT molecular complexity index is 1050. The van der Waals surface area contributed by atoms with E-state index in [9.17, 15) is 22.8 Å². The smallest absolute Gasteiger partial charge is 0.416 e. The maximum atomic E-state index is 13.0. The average Bonchev–Trinajstić information content (AvgIpc) is 2.88. The summed E-state index contributed by atoms with van der Waals surface area (Å²) in [5, 5.41) is 8.40. The lowest BCUT2D eigenvalue weighted by molar-refractivity contribution is -0.137. The lowest BCUT2D eigenvalue weighted by Crippen LogP contribution is -2.27. The first-order valence-corrected chi connectivity index (χ1v) is 9.33. The van der Waals surface area contributed by atoms with Crippen LogP contribution >= 0.6 is 0 Å². The quantitative estimate of drug-likeness (QED) is 0.638. The van der Waals surface area contributed by atoms with Crippen molar-refractivity contribution in [1.82, 2.24) is 0 Å². The van der Waals surface area contributed by atoms with Gasteiger partial charge in [0.1, 0.15) is 5.75 Å². The van der Waals surface area contributed by atoms with Crippen LogP contribution in [0.15, 0.2) is 42.5 Å². The molecule has 9 heteroatoms. The topological polar surface area (TPSA) is 79.5 Å². The van der Waals surface area contributed by atoms with E-state index < -0.39 is 17.6 Å². The van der Waals surface area contributed by atoms with Gasteiger partial charge in [-0.2, -0.15) is 13.2 Å². The molecule has 2 aromatic rings. The van der Waals surface area contributed by atoms with E-state index in [1.165, 1.54) is 12.1 Å². The monoisotopic (exact) mass is 417 g/mol. The normalized spacial score (nSPS) is 17.0. The largest absolute Gasteiger partial charge is 0.493 e. The van der Waals surface area contributed by atoms with Crippen LogP contribution < -0.4 is 20.7 Å². The van der Waals surface area contributed by atoms with Gasteiger partial charge in [0.2, 0.25) is 11.8 Å². The van der Waals surface area contributed by atoms with Gasteiger partial charge in [-0.25, -0.2) is 0 Å². The molecule has 0 unspecified atom stereocenters. The van der Waals surface area contributed by atoms with Crippen molar-refractivity contribution in [2.75, 3.05) is 29.1 Å². The minimum atomic E-state index is -4.47. The number of rotatable bonds is 2. The molecule has 0 fully saturated rings. The standard InChI is InChI=1S/C21H18F3N3O3/c22-21(23,24)13-3-5-15-12(2-1-7-30-18(15)9-13)8-19(28)26-14-4-6-16-17(10-14)27-20(29)11-25-16/h3-6,8-10,25H,1-2,7,11H2,(H,26,28)(H,27,29)/b12-8+. The molecule has 156 valence electrons. The molecule has 2 aromatic carbocycles. The molecule has 2 aliphatic heterocycles. The molecule has 0 atom stereocenters. The number of carbonyl (C=O) groups is 2. The van der Waals surface area contributed by atoms with Crippen molar-refractivity contribution in [3.63, 3.8) is 0 Å². The fraction of sp³-hybridized carbons (Fsp3) is 0.238. The number of alkyl halides is 3. The molecule has 3 N–H and O–H groups in total. The summed E-state index contributed by atoms with van der Waals surface area (Å²) in [6.07, 6.45) is -2.03. The van der Waals surface area contributed by atoms with Crippen LogP contribution in [0.4, 0.5) is 30.2 Å². The summed E-state index contributed by atoms with van der Waals surface area (Å²) in [6.45, 7) is 0.452. The van der Waals surface area contributed by atoms with Gasteiger partial charge in [-0.3, -0.25) is 9.59 Å². The molecule has 0 radical (unpaired) electrons. The molecule has 0 spiro atoms. The Morgan fingerprint density at radius 3 is 2.77 bits per heavy atom. The number of carbonyl (C=O) groups excluding carboxylic acids is 2. The summed E-state index contributed by atoms with van der Waals surface area (Å²) in [5.41, 5.74) is 2.07. The van der Waals surface area contributed by atoms with Gasteiger partial charge in [0.15, 0.2) is 0 Å². The fourth-order valence-electron chi connectivity index (χ4n) is 3.40. The zero-order chi connectivity index (χ0) is 21.3. The van der Waals surface area contributed by atoms with Gasteiger partial charge < -0.3 is 20.7 Å². The Labute approximate surface area is 170 Å². The van der Waals surface area contributed by atoms with Crippen molar-refractivity contribution in [2.24, 2.45) is 0 Å². The first-order valence-electron chi connectivity index (χ1n) is 9.33. The third kappa shape index (κ3) is 4.24. The third-order valence-electron chi connectivity index (χ3n) is 4.81. The second-order valence-corrected chi connectivity index (χ2v) is 6.98. The van der Waals surface area contributed by atoms with Crippen LogP contribution in [-0.4, -0.2) is 25.0 Å². The van der Waals surface area contributed by atoms with Crippen LogP contribution in [0.1, 0.15) is 24.0 Å². The van der Waals surface area contributed by atoms with Crippen LogP contribution in [-0.2, 0) is 15.8 Å². The molecule has 4 rings (SSSR count). The number of ether oxygens (including phenoxy) is 1. The highest BCUT2D eigenvalue weighted by molar-refractivity contribution is 6.06. The molecular formula is C21H18F3N3O3. The predicted octanol–water partition coefficient (Wildman–Crippen LogP) is 4.26. The van der Waals surface area contributed by atoms with Gasteiger partial charge in [-0.15, -0.1) is 0 Å². The number of amides is 2. The highest BCUT2D eigenvalue weighted by Gasteiger charge is 2.32. The van der Waals surface area contributed by atoms with Crippen molar-refractivity contribution in [2.45, 2.75) is 19.0 Å². The average molecular weight is 417 g/mol. The van der Waals surface area contributed by atoms with E-state index in [4.69, 9.17) is 4.74 Å². The maximum Gasteiger partial charge on any atom is 0.416 e. The first kappa shape index (κ1) is 19.8. The number of anilines is 3. The lowest BCUT2D eigenvalue weighted by Gasteiger charge is -2.19. The zero-order valence-corrected chi connectivity index (χ0v) is 15.7. The summed E-state index contributed by atoms with van der Waals surface area (Å²) in [6, 6.07) is 8.35. The molecule has 0 bridgehead atoms. The van der Waals surface area contributed by atoms with Crippen LogP contribution in [0, 0.1) is 0 Å². The van der Waals surface area contributed by atoms with E-state index in [-0.39, 0.29) is 24.8 Å². The Kier molecular flexibility index (Phi) is 5.11. The molecule has 0 aliphatic carbocycles. The van der Waals surface area contributed by atoms with E-state index in [0.29, 0.717) is 35.4 Å². The number of benzene rings is 2. The van der Waals surface area contributed by atoms with Crippen molar-refractivity contribution in [3.05, 3.63) is 53.6 Å². The van der Waals surface area contributed by atoms with Crippen molar-refractivity contribution in [1.29, 1.82) is 0 Å². The molecule has 0 saturated heterocycles. The van der Waals surface area contributed by atoms with E-state index in [2.05, 4.69) is 16.0 Å². The first-order chi connectivity index (χ1) is 14.3. The predicted molar refractivity (Wildman–Crippen MR) is 106 cm³/mol. The summed E-state index contributed by atoms with van der Waals surface area (Å²) < 4.78 is 44.4. The Morgan fingerprint density at radius 1 is 1.13 bits per heavy atom. The maximum absolute atomic E-state index is 13.0. The van der Waals surface area contributed by atoms with E-state index in [0.717, 1.165) is 17.8 Å². The second-order valence-electron chi connectivity index (χ2n) is 6.98. The summed E-state index contributed by atoms with van der Waals surface area (Å²) in [7, 11) is 0. The minimum absolute atomic E-state index is 0.115. The Balaban J connectivity index is 1.57. The Hall–Kier alpha value is -3.49. The molecule has 6 nitrogen and oxygen atoms in total. The molecule has 2 aliphatic rings. The highest BCUT2D eigenvalue weighted by atomic mass is 19.4. The highest BCUT2D eigenvalue weighted by Crippen LogP contribution is 2.38. The molecule has 0 aromatic heterocycles. The summed E-state index contributed by atoms with van der Waals surface area (Å²) in [4.78, 5) is 24.1. The van der Waals surface area contributed by atoms with E-state index >= 15 is 0 Å². The minimum Gasteiger partial charge on any atom is -0.493 e. The number of nitrogens with one attached hydrogen (secondary N) is 3. The third-order valence-corrected chi connectivity index (χ3v) is 4.81. The number of hydrogen-bond donors (Lipinski definition) is 3. The fourth-order valence-corrected chi connectivity index (χ4v) is 3.40. The number of hydrogen-bond acceptors (Lipinski definition) is 4. The number of fused-ring (bicyclic) bond motifs is 2.